The van der Waals surface area contributed by atoms with Crippen molar-refractivity contribution in [3.05, 3.63) is 46.8 Å². The van der Waals surface area contributed by atoms with Crippen molar-refractivity contribution in [1.82, 2.24) is 9.97 Å². The molecular formula is C12H10N4O3. The van der Waals surface area contributed by atoms with Crippen LogP contribution in [0.1, 0.15) is 6.92 Å². The van der Waals surface area contributed by atoms with Crippen LogP contribution in [0.25, 0.3) is 11.3 Å². The predicted octanol–water partition coefficient (Wildman–Crippen LogP) is 2.01. The quantitative estimate of drug-likeness (QED) is 0.670. The average molecular weight is 258 g/mol. The lowest BCUT2D eigenvalue weighted by atomic mass is 10.1. The molecule has 0 aliphatic heterocycles. The zero-order chi connectivity index (χ0) is 13.8. The van der Waals surface area contributed by atoms with Gasteiger partial charge in [0.25, 0.3) is 5.69 Å². The number of carbonyl (C=O) groups excluding carboxylic acids is 1. The molecule has 0 radical (unpaired) electrons. The summed E-state index contributed by atoms with van der Waals surface area (Å²) >= 11 is 0. The van der Waals surface area contributed by atoms with E-state index < -0.39 is 4.92 Å². The van der Waals surface area contributed by atoms with Gasteiger partial charge in [-0.25, -0.2) is 4.98 Å². The number of aromatic nitrogens is 2. The van der Waals surface area contributed by atoms with Crippen molar-refractivity contribution in [2.45, 2.75) is 6.92 Å². The monoisotopic (exact) mass is 258 g/mol. The van der Waals surface area contributed by atoms with Gasteiger partial charge in [-0.1, -0.05) is 0 Å². The molecule has 2 rings (SSSR count). The van der Waals surface area contributed by atoms with Crippen LogP contribution in [0.2, 0.25) is 0 Å². The standard InChI is InChI=1S/C12H10N4O3/c1-8(17)14-11-3-2-10(16(18)19)12(15-11)9-4-6-13-7-5-9/h2-7H,1H3,(H,14,15,17). The van der Waals surface area contributed by atoms with Gasteiger partial charge >= 0.3 is 0 Å². The number of pyridine rings is 2. The Morgan fingerprint density at radius 2 is 1.95 bits per heavy atom. The van der Waals surface area contributed by atoms with Gasteiger partial charge < -0.3 is 5.32 Å². The molecule has 1 amide bonds. The van der Waals surface area contributed by atoms with E-state index in [0.29, 0.717) is 5.56 Å². The SMILES string of the molecule is CC(=O)Nc1ccc([N+](=O)[O-])c(-c2ccncc2)n1. The van der Waals surface area contributed by atoms with E-state index in [1.54, 1.807) is 12.1 Å². The van der Waals surface area contributed by atoms with Gasteiger partial charge in [0, 0.05) is 30.9 Å². The van der Waals surface area contributed by atoms with E-state index >= 15 is 0 Å². The lowest BCUT2D eigenvalue weighted by Crippen LogP contribution is -2.08. The number of anilines is 1. The van der Waals surface area contributed by atoms with Crippen molar-refractivity contribution in [1.29, 1.82) is 0 Å². The number of nitrogens with one attached hydrogen (secondary N) is 1. The van der Waals surface area contributed by atoms with Gasteiger partial charge in [0.1, 0.15) is 5.82 Å². The lowest BCUT2D eigenvalue weighted by Gasteiger charge is -2.05. The van der Waals surface area contributed by atoms with Crippen LogP contribution >= 0.6 is 0 Å². The molecule has 1 N–H and O–H groups in total. The highest BCUT2D eigenvalue weighted by Gasteiger charge is 2.17. The van der Waals surface area contributed by atoms with Crippen LogP contribution in [-0.2, 0) is 4.79 Å². The van der Waals surface area contributed by atoms with E-state index in [0.717, 1.165) is 0 Å². The minimum Gasteiger partial charge on any atom is -0.311 e. The van der Waals surface area contributed by atoms with E-state index in [-0.39, 0.29) is 23.1 Å². The van der Waals surface area contributed by atoms with Gasteiger partial charge in [-0.3, -0.25) is 19.9 Å². The lowest BCUT2D eigenvalue weighted by molar-refractivity contribution is -0.384. The number of amides is 1. The first-order chi connectivity index (χ1) is 9.08. The van der Waals surface area contributed by atoms with E-state index in [4.69, 9.17) is 0 Å². The van der Waals surface area contributed by atoms with Crippen molar-refractivity contribution in [2.75, 3.05) is 5.32 Å². The molecule has 0 saturated carbocycles. The van der Waals surface area contributed by atoms with Crippen molar-refractivity contribution in [3.63, 3.8) is 0 Å². The third-order valence-electron chi connectivity index (χ3n) is 2.33. The Balaban J connectivity index is 2.54. The fourth-order valence-electron chi connectivity index (χ4n) is 1.57. The van der Waals surface area contributed by atoms with Gasteiger partial charge in [0.15, 0.2) is 5.69 Å². The Hall–Kier alpha value is -2.83. The van der Waals surface area contributed by atoms with Gasteiger partial charge in [-0.05, 0) is 18.2 Å². The van der Waals surface area contributed by atoms with E-state index in [9.17, 15) is 14.9 Å². The Morgan fingerprint density at radius 3 is 2.53 bits per heavy atom. The zero-order valence-electron chi connectivity index (χ0n) is 10.0. The second-order valence-electron chi connectivity index (χ2n) is 3.74. The van der Waals surface area contributed by atoms with Crippen molar-refractivity contribution in [3.8, 4) is 11.3 Å². The van der Waals surface area contributed by atoms with E-state index in [1.807, 2.05) is 0 Å². The van der Waals surface area contributed by atoms with Crippen LogP contribution < -0.4 is 5.32 Å². The van der Waals surface area contributed by atoms with E-state index in [2.05, 4.69) is 15.3 Å². The molecule has 0 unspecified atom stereocenters. The van der Waals surface area contributed by atoms with Crippen molar-refractivity contribution >= 4 is 17.4 Å². The van der Waals surface area contributed by atoms with Crippen LogP contribution in [0.3, 0.4) is 0 Å². The molecule has 0 aromatic carbocycles. The number of rotatable bonds is 3. The maximum absolute atomic E-state index is 11.0. The maximum Gasteiger partial charge on any atom is 0.295 e. The predicted molar refractivity (Wildman–Crippen MR) is 68.4 cm³/mol. The summed E-state index contributed by atoms with van der Waals surface area (Å²) in [5, 5.41) is 13.5. The second-order valence-corrected chi connectivity index (χ2v) is 3.74. The third kappa shape index (κ3) is 2.89. The molecule has 0 bridgehead atoms. The molecule has 0 aliphatic rings. The second kappa shape index (κ2) is 5.21. The smallest absolute Gasteiger partial charge is 0.295 e. The number of carbonyl (C=O) groups is 1. The highest BCUT2D eigenvalue weighted by molar-refractivity contribution is 5.88. The molecule has 96 valence electrons. The Bertz CT molecular complexity index is 628. The Labute approximate surface area is 108 Å². The largest absolute Gasteiger partial charge is 0.311 e. The van der Waals surface area contributed by atoms with Crippen molar-refractivity contribution < 1.29 is 9.72 Å². The summed E-state index contributed by atoms with van der Waals surface area (Å²) in [7, 11) is 0. The van der Waals surface area contributed by atoms with Gasteiger partial charge in [0.2, 0.25) is 5.91 Å². The van der Waals surface area contributed by atoms with Crippen LogP contribution in [0.15, 0.2) is 36.7 Å². The molecule has 0 atom stereocenters. The number of hydrogen-bond acceptors (Lipinski definition) is 5. The first-order valence-corrected chi connectivity index (χ1v) is 5.41. The maximum atomic E-state index is 11.0. The van der Waals surface area contributed by atoms with Crippen LogP contribution in [0, 0.1) is 10.1 Å². The summed E-state index contributed by atoms with van der Waals surface area (Å²) in [6.07, 6.45) is 3.04. The molecule has 7 heteroatoms. The molecule has 0 aliphatic carbocycles. The number of nitro groups is 1. The molecule has 19 heavy (non-hydrogen) atoms. The summed E-state index contributed by atoms with van der Waals surface area (Å²) in [5.41, 5.74) is 0.632. The minimum atomic E-state index is -0.514. The fourth-order valence-corrected chi connectivity index (χ4v) is 1.57. The molecule has 0 spiro atoms. The van der Waals surface area contributed by atoms with E-state index in [1.165, 1.54) is 31.5 Å². The molecule has 2 heterocycles. The average Bonchev–Trinajstić information content (AvgIpc) is 2.38. The third-order valence-corrected chi connectivity index (χ3v) is 2.33. The zero-order valence-corrected chi connectivity index (χ0v) is 10.0. The normalized spacial score (nSPS) is 9.95. The summed E-state index contributed by atoms with van der Waals surface area (Å²) < 4.78 is 0. The number of nitrogens with zero attached hydrogens (tertiary/aromatic N) is 3. The molecular weight excluding hydrogens is 248 g/mol. The topological polar surface area (TPSA) is 98.0 Å². The molecule has 0 fully saturated rings. The highest BCUT2D eigenvalue weighted by atomic mass is 16.6. The number of hydrogen-bond donors (Lipinski definition) is 1. The van der Waals surface area contributed by atoms with Crippen molar-refractivity contribution in [2.24, 2.45) is 0 Å². The highest BCUT2D eigenvalue weighted by Crippen LogP contribution is 2.28. The first-order valence-electron chi connectivity index (χ1n) is 5.41. The molecule has 0 saturated heterocycles. The Morgan fingerprint density at radius 1 is 1.26 bits per heavy atom. The first kappa shape index (κ1) is 12.6. The van der Waals surface area contributed by atoms with Crippen LogP contribution in [-0.4, -0.2) is 20.8 Å². The summed E-state index contributed by atoms with van der Waals surface area (Å²) in [5.74, 6) is -0.0213. The van der Waals surface area contributed by atoms with Gasteiger partial charge in [-0.15, -0.1) is 0 Å². The fraction of sp³-hybridized carbons (Fsp3) is 0.0833. The molecule has 2 aromatic rings. The van der Waals surface area contributed by atoms with Gasteiger partial charge in [0.05, 0.1) is 4.92 Å². The summed E-state index contributed by atoms with van der Waals surface area (Å²) in [4.78, 5) is 29.4. The van der Waals surface area contributed by atoms with Crippen LogP contribution in [0.4, 0.5) is 11.5 Å². The summed E-state index contributed by atoms with van der Waals surface area (Å²) in [6, 6.07) is 5.94. The minimum absolute atomic E-state index is 0.125. The summed E-state index contributed by atoms with van der Waals surface area (Å²) in [6.45, 7) is 1.34. The van der Waals surface area contributed by atoms with Crippen LogP contribution in [0.5, 0.6) is 0 Å². The van der Waals surface area contributed by atoms with Gasteiger partial charge in [-0.2, -0.15) is 0 Å². The Kier molecular flexibility index (Phi) is 3.46. The molecule has 7 nitrogen and oxygen atoms in total. The molecule has 2 aromatic heterocycles.